The van der Waals surface area contributed by atoms with Crippen LogP contribution in [0.1, 0.15) is 16.7 Å². The Morgan fingerprint density at radius 2 is 2.06 bits per heavy atom. The van der Waals surface area contributed by atoms with Crippen LogP contribution in [0.2, 0.25) is 0 Å². The molecular formula is C23H18N4O5S. The molecule has 33 heavy (non-hydrogen) atoms. The van der Waals surface area contributed by atoms with Gasteiger partial charge in [-0.1, -0.05) is 30.0 Å². The van der Waals surface area contributed by atoms with Crippen LogP contribution in [-0.2, 0) is 23.6 Å². The van der Waals surface area contributed by atoms with Crippen LogP contribution in [0.5, 0.6) is 5.75 Å². The van der Waals surface area contributed by atoms with Crippen molar-refractivity contribution in [3.8, 4) is 5.75 Å². The molecule has 0 fully saturated rings. The Balaban J connectivity index is 1.55. The molecule has 1 aliphatic rings. The van der Waals surface area contributed by atoms with Crippen LogP contribution in [0.4, 0.5) is 5.69 Å². The van der Waals surface area contributed by atoms with Gasteiger partial charge in [0.15, 0.2) is 11.9 Å². The Bertz CT molecular complexity index is 1410. The summed E-state index contributed by atoms with van der Waals surface area (Å²) in [6, 6.07) is 13.9. The van der Waals surface area contributed by atoms with Crippen LogP contribution in [-0.4, -0.2) is 26.3 Å². The quantitative estimate of drug-likeness (QED) is 0.184. The van der Waals surface area contributed by atoms with E-state index in [1.807, 2.05) is 18.2 Å². The van der Waals surface area contributed by atoms with Crippen LogP contribution in [0.3, 0.4) is 0 Å². The van der Waals surface area contributed by atoms with Gasteiger partial charge in [0, 0.05) is 41.4 Å². The van der Waals surface area contributed by atoms with Crippen molar-refractivity contribution in [2.75, 3.05) is 6.79 Å². The second-order valence-corrected chi connectivity index (χ2v) is 8.36. The average molecular weight is 462 g/mol. The van der Waals surface area contributed by atoms with E-state index in [-0.39, 0.29) is 24.6 Å². The number of nitro groups is 1. The Kier molecular flexibility index (Phi) is 5.76. The van der Waals surface area contributed by atoms with E-state index in [1.54, 1.807) is 35.2 Å². The number of pyridine rings is 1. The lowest BCUT2D eigenvalue weighted by molar-refractivity contribution is -0.385. The zero-order valence-electron chi connectivity index (χ0n) is 17.3. The number of hydrogen-bond donors (Lipinski definition) is 0. The number of nitro benzene ring substituents is 1. The molecule has 166 valence electrons. The fourth-order valence-corrected chi connectivity index (χ4v) is 4.67. The van der Waals surface area contributed by atoms with Crippen molar-refractivity contribution < 1.29 is 14.4 Å². The number of benzene rings is 2. The molecule has 9 nitrogen and oxygen atoms in total. The first kappa shape index (κ1) is 21.1. The minimum absolute atomic E-state index is 0.0299. The van der Waals surface area contributed by atoms with Gasteiger partial charge >= 0.3 is 0 Å². The van der Waals surface area contributed by atoms with Crippen molar-refractivity contribution in [1.29, 1.82) is 0 Å². The smallest absolute Gasteiger partial charge is 0.270 e. The molecule has 0 atom stereocenters. The molecule has 2 aromatic carbocycles. The van der Waals surface area contributed by atoms with E-state index in [4.69, 9.17) is 14.5 Å². The SMILES string of the molecule is O=c1c2ccccc2nc(SCc2cc([N+](=O)[O-])cc3c2OCOC3)n1Cc1cccnc1. The van der Waals surface area contributed by atoms with Crippen molar-refractivity contribution in [3.05, 3.63) is 98.1 Å². The molecule has 0 radical (unpaired) electrons. The lowest BCUT2D eigenvalue weighted by atomic mass is 10.1. The van der Waals surface area contributed by atoms with Gasteiger partial charge in [-0.3, -0.25) is 24.5 Å². The van der Waals surface area contributed by atoms with Gasteiger partial charge in [0.05, 0.1) is 29.0 Å². The number of non-ortho nitro benzene ring substituents is 1. The first-order valence-corrected chi connectivity index (χ1v) is 11.1. The summed E-state index contributed by atoms with van der Waals surface area (Å²) in [5.74, 6) is 0.920. The summed E-state index contributed by atoms with van der Waals surface area (Å²) in [5.41, 5.74) is 2.56. The fourth-order valence-electron chi connectivity index (χ4n) is 3.71. The molecule has 1 aliphatic heterocycles. The molecule has 3 heterocycles. The highest BCUT2D eigenvalue weighted by Crippen LogP contribution is 2.36. The summed E-state index contributed by atoms with van der Waals surface area (Å²) in [6.07, 6.45) is 3.39. The van der Waals surface area contributed by atoms with Gasteiger partial charge in [0.2, 0.25) is 0 Å². The minimum atomic E-state index is -0.435. The molecule has 4 aromatic rings. The van der Waals surface area contributed by atoms with Gasteiger partial charge in [-0.25, -0.2) is 4.98 Å². The van der Waals surface area contributed by atoms with E-state index in [0.717, 1.165) is 5.56 Å². The fraction of sp³-hybridized carbons (Fsp3) is 0.174. The number of aromatic nitrogens is 3. The van der Waals surface area contributed by atoms with Crippen molar-refractivity contribution >= 4 is 28.4 Å². The molecule has 10 heteroatoms. The van der Waals surface area contributed by atoms with Crippen molar-refractivity contribution in [2.24, 2.45) is 0 Å². The van der Waals surface area contributed by atoms with E-state index in [1.165, 1.54) is 23.9 Å². The van der Waals surface area contributed by atoms with E-state index in [2.05, 4.69) is 4.98 Å². The molecule has 0 aliphatic carbocycles. The van der Waals surface area contributed by atoms with Crippen molar-refractivity contribution in [2.45, 2.75) is 24.1 Å². The summed E-state index contributed by atoms with van der Waals surface area (Å²) in [5, 5.41) is 12.5. The maximum atomic E-state index is 13.3. The Morgan fingerprint density at radius 1 is 1.18 bits per heavy atom. The lowest BCUT2D eigenvalue weighted by Gasteiger charge is -2.20. The lowest BCUT2D eigenvalue weighted by Crippen LogP contribution is -2.24. The third-order valence-electron chi connectivity index (χ3n) is 5.23. The molecule has 0 N–H and O–H groups in total. The second-order valence-electron chi connectivity index (χ2n) is 7.41. The zero-order chi connectivity index (χ0) is 22.8. The molecular weight excluding hydrogens is 444 g/mol. The van der Waals surface area contributed by atoms with E-state index in [0.29, 0.717) is 45.2 Å². The topological polar surface area (TPSA) is 109 Å². The number of fused-ring (bicyclic) bond motifs is 2. The van der Waals surface area contributed by atoms with Gasteiger partial charge in [-0.15, -0.1) is 0 Å². The summed E-state index contributed by atoms with van der Waals surface area (Å²) >= 11 is 1.33. The van der Waals surface area contributed by atoms with Crippen LogP contribution in [0.15, 0.2) is 70.9 Å². The molecule has 0 saturated heterocycles. The third-order valence-corrected chi connectivity index (χ3v) is 6.25. The van der Waals surface area contributed by atoms with Crippen molar-refractivity contribution in [3.63, 3.8) is 0 Å². The Morgan fingerprint density at radius 3 is 2.88 bits per heavy atom. The number of rotatable bonds is 6. The van der Waals surface area contributed by atoms with Gasteiger partial charge in [0.25, 0.3) is 11.2 Å². The van der Waals surface area contributed by atoms with Gasteiger partial charge in [0.1, 0.15) is 5.75 Å². The molecule has 0 amide bonds. The molecule has 5 rings (SSSR count). The van der Waals surface area contributed by atoms with Crippen LogP contribution in [0, 0.1) is 10.1 Å². The van der Waals surface area contributed by atoms with Crippen LogP contribution in [0.25, 0.3) is 10.9 Å². The Labute approximate surface area is 192 Å². The summed E-state index contributed by atoms with van der Waals surface area (Å²) < 4.78 is 12.5. The predicted octanol–water partition coefficient (Wildman–Crippen LogP) is 3.91. The zero-order valence-corrected chi connectivity index (χ0v) is 18.2. The number of nitrogens with zero attached hydrogens (tertiary/aromatic N) is 4. The predicted molar refractivity (Wildman–Crippen MR) is 122 cm³/mol. The molecule has 0 unspecified atom stereocenters. The van der Waals surface area contributed by atoms with Crippen molar-refractivity contribution in [1.82, 2.24) is 14.5 Å². The molecule has 0 spiro atoms. The molecule has 2 aromatic heterocycles. The van der Waals surface area contributed by atoms with E-state index < -0.39 is 4.92 Å². The summed E-state index contributed by atoms with van der Waals surface area (Å²) in [4.78, 5) is 33.1. The Hall–Kier alpha value is -3.76. The third kappa shape index (κ3) is 4.30. The second kappa shape index (κ2) is 9.00. The number of ether oxygens (including phenoxy) is 2. The largest absolute Gasteiger partial charge is 0.467 e. The summed E-state index contributed by atoms with van der Waals surface area (Å²) in [6.45, 7) is 0.640. The highest BCUT2D eigenvalue weighted by molar-refractivity contribution is 7.98. The number of hydrogen-bond acceptors (Lipinski definition) is 8. The highest BCUT2D eigenvalue weighted by Gasteiger charge is 2.22. The van der Waals surface area contributed by atoms with Gasteiger partial charge in [-0.2, -0.15) is 0 Å². The number of thioether (sulfide) groups is 1. The van der Waals surface area contributed by atoms with E-state index >= 15 is 0 Å². The molecule has 0 bridgehead atoms. The average Bonchev–Trinajstić information content (AvgIpc) is 2.85. The first-order chi connectivity index (χ1) is 16.1. The monoisotopic (exact) mass is 462 g/mol. The highest BCUT2D eigenvalue weighted by atomic mass is 32.2. The van der Waals surface area contributed by atoms with Gasteiger partial charge in [-0.05, 0) is 23.8 Å². The van der Waals surface area contributed by atoms with Crippen LogP contribution < -0.4 is 10.3 Å². The first-order valence-electron chi connectivity index (χ1n) is 10.1. The molecule has 0 saturated carbocycles. The van der Waals surface area contributed by atoms with Crippen LogP contribution >= 0.6 is 11.8 Å². The minimum Gasteiger partial charge on any atom is -0.467 e. The summed E-state index contributed by atoms with van der Waals surface area (Å²) in [7, 11) is 0. The van der Waals surface area contributed by atoms with E-state index in [9.17, 15) is 14.9 Å². The van der Waals surface area contributed by atoms with Gasteiger partial charge < -0.3 is 9.47 Å². The number of para-hydroxylation sites is 1. The maximum Gasteiger partial charge on any atom is 0.270 e. The maximum absolute atomic E-state index is 13.3. The normalized spacial score (nSPS) is 12.8. The standard InChI is InChI=1S/C23H18N4O5S/c28-22-19-5-1-2-6-20(19)25-23(26(22)11-15-4-3-7-24-10-15)33-13-17-9-18(27(29)30)8-16-12-31-14-32-21(16)17/h1-10H,11-14H2.